The summed E-state index contributed by atoms with van der Waals surface area (Å²) in [6.45, 7) is 28.9. The molecule has 6 N–H and O–H groups in total. The molecule has 1 heterocycles. The molecule has 0 aromatic heterocycles. The van der Waals surface area contributed by atoms with Crippen molar-refractivity contribution in [2.45, 2.75) is 241 Å². The Kier molecular flexibility index (Phi) is 35.6. The van der Waals surface area contributed by atoms with Crippen LogP contribution in [0.15, 0.2) is 12.2 Å². The second kappa shape index (κ2) is 38.8. The van der Waals surface area contributed by atoms with Gasteiger partial charge in [-0.2, -0.15) is 24.4 Å². The molecule has 24 nitrogen and oxygen atoms in total. The van der Waals surface area contributed by atoms with Crippen molar-refractivity contribution in [3.05, 3.63) is 12.2 Å². The summed E-state index contributed by atoms with van der Waals surface area (Å²) in [5, 5.41) is 34.6. The molecular weight excluding hydrogens is 1220 g/mol. The average Bonchev–Trinajstić information content (AvgIpc) is 0.865. The van der Waals surface area contributed by atoms with Gasteiger partial charge in [0.15, 0.2) is 0 Å². The summed E-state index contributed by atoms with van der Waals surface area (Å²) >= 11 is 5.71. The number of rotatable bonds is 20. The second-order valence-corrected chi connectivity index (χ2v) is 29.4. The zero-order valence-electron chi connectivity index (χ0n) is 60.0. The number of nitrogens with zero attached hydrogens (tertiary/aromatic N) is 7. The minimum atomic E-state index is -1.66. The van der Waals surface area contributed by atoms with Gasteiger partial charge in [0, 0.05) is 61.5 Å². The minimum absolute atomic E-state index is 0.0104. The van der Waals surface area contributed by atoms with Crippen LogP contribution in [0.4, 0.5) is 0 Å². The second-order valence-electron chi connectivity index (χ2n) is 27.8. The number of carbonyl (C=O) groups excluding carboxylic acids is 11. The number of likely N-dealkylation sites (N-methyl/N-ethyl adjacent to an activating group) is 7. The maximum absolute atomic E-state index is 15.3. The Labute approximate surface area is 560 Å². The van der Waals surface area contributed by atoms with Crippen molar-refractivity contribution < 1.29 is 63.0 Å². The molecule has 1 aliphatic heterocycles. The lowest BCUT2D eigenvalue weighted by Crippen LogP contribution is -2.64. The first kappa shape index (κ1) is 84.5. The van der Waals surface area contributed by atoms with Crippen LogP contribution in [-0.2, 0) is 52.7 Å². The van der Waals surface area contributed by atoms with E-state index in [0.717, 1.165) is 9.80 Å². The normalized spacial score (nSPS) is 26.7. The highest BCUT2D eigenvalue weighted by Crippen LogP contribution is 2.27. The first-order chi connectivity index (χ1) is 42.5. The standard InChI is InChI=1S/C66H119N11O13S2/c1-25-27-29-42(13)54(78)53-58(82)69-45(26-2)60(84)75(22)50(36-92-31-28-30-91)63(87)74(21)49(35-66(16,17)90)57(81)70-51(40(9)10)64(88)71(18)46(32-37(3)4)56(80)67-43(14)55(79)68-44(15)59(83)72(19)47(33-38(5)6)61(85)73(20)48(34-39(7)8)62(86)76(23)52(41(11)12)65(89)77(53)24/h25,27,37-54,78,90-91H,26,28-36H2,1-24H3,(H,67,80)(H,68,79)(H,69,82)(H,70,81)/b27-25+/t42-,43+,44-,45+,46+,47+,48+,49+,50-,51+,52+,53+,54-/m1/s1. The molecule has 0 aliphatic carbocycles. The number of thioether (sulfide) groups is 1. The highest BCUT2D eigenvalue weighted by Gasteiger charge is 2.47. The van der Waals surface area contributed by atoms with E-state index < -0.39 is 161 Å². The van der Waals surface area contributed by atoms with Crippen LogP contribution in [0.1, 0.15) is 163 Å². The molecule has 1 saturated heterocycles. The predicted molar refractivity (Wildman–Crippen MR) is 365 cm³/mol. The predicted octanol–water partition coefficient (Wildman–Crippen LogP) is 3.81. The highest BCUT2D eigenvalue weighted by molar-refractivity contribution is 7.99. The molecule has 11 amide bonds. The summed E-state index contributed by atoms with van der Waals surface area (Å²) in [6, 6.07) is -14.4. The van der Waals surface area contributed by atoms with Crippen molar-refractivity contribution in [2.24, 2.45) is 35.5 Å². The number of nitrogens with one attached hydrogen (secondary N) is 4. The van der Waals surface area contributed by atoms with Gasteiger partial charge < -0.3 is 65.8 Å². The number of hydrogen-bond donors (Lipinski definition) is 7. The summed E-state index contributed by atoms with van der Waals surface area (Å²) in [6.07, 6.45) is 2.99. The average molecular weight is 1340 g/mol. The molecule has 1 rings (SSSR count). The molecule has 1 aliphatic rings. The molecular formula is C66H119N11O13S2. The van der Waals surface area contributed by atoms with Crippen LogP contribution < -0.4 is 21.3 Å². The van der Waals surface area contributed by atoms with Crippen molar-refractivity contribution in [2.75, 3.05) is 66.6 Å². The molecule has 0 bridgehead atoms. The monoisotopic (exact) mass is 1340 g/mol. The summed E-state index contributed by atoms with van der Waals surface area (Å²) in [4.78, 5) is 172. The van der Waals surface area contributed by atoms with Gasteiger partial charge >= 0.3 is 0 Å². The fourth-order valence-corrected chi connectivity index (χ4v) is 12.8. The Morgan fingerprint density at radius 1 is 0.522 bits per heavy atom. The summed E-state index contributed by atoms with van der Waals surface area (Å²) < 4.78 is 0. The van der Waals surface area contributed by atoms with Gasteiger partial charge in [-0.15, -0.1) is 0 Å². The molecule has 92 heavy (non-hydrogen) atoms. The Morgan fingerprint density at radius 3 is 1.42 bits per heavy atom. The van der Waals surface area contributed by atoms with Crippen LogP contribution in [-0.4, -0.2) is 254 Å². The lowest BCUT2D eigenvalue weighted by molar-refractivity contribution is -0.157. The number of hydrogen-bond acceptors (Lipinski definition) is 15. The zero-order valence-corrected chi connectivity index (χ0v) is 61.7. The van der Waals surface area contributed by atoms with Crippen molar-refractivity contribution >= 4 is 89.4 Å². The van der Waals surface area contributed by atoms with E-state index in [-0.39, 0.29) is 62.0 Å². The van der Waals surface area contributed by atoms with Crippen LogP contribution in [0.5, 0.6) is 0 Å². The van der Waals surface area contributed by atoms with E-state index in [1.54, 1.807) is 60.6 Å². The van der Waals surface area contributed by atoms with E-state index in [4.69, 9.17) is 0 Å². The van der Waals surface area contributed by atoms with Crippen molar-refractivity contribution in [1.82, 2.24) is 55.6 Å². The molecule has 0 unspecified atom stereocenters. The third-order valence-corrected chi connectivity index (χ3v) is 18.5. The van der Waals surface area contributed by atoms with Gasteiger partial charge in [0.05, 0.1) is 11.7 Å². The SMILES string of the molecule is C/C=C/C[C@@H](C)[C@@H](O)[C@H]1C(=O)N[C@@H](CC)C(=O)N(C)[C@H](CSCCCS)C(=O)N(C)[C@@H](CC(C)(C)O)C(=O)N[C@@H](C(C)C)C(=O)N(C)[C@@H](CC(C)C)C(=O)N[C@@H](C)C(=O)N[C@H](C)C(=O)N(C)[C@@H](CC(C)C)C(=O)N(C)[C@@H](CC(C)C)C(=O)N(C)[C@@H](C(C)C)C(=O)N1C. The Bertz CT molecular complexity index is 2510. The van der Waals surface area contributed by atoms with E-state index >= 15 is 28.8 Å². The minimum Gasteiger partial charge on any atom is -0.390 e. The lowest BCUT2D eigenvalue weighted by Gasteiger charge is -2.41. The number of aliphatic hydroxyl groups is 2. The van der Waals surface area contributed by atoms with Crippen LogP contribution in [0, 0.1) is 35.5 Å². The van der Waals surface area contributed by atoms with E-state index in [0.29, 0.717) is 17.9 Å². The molecule has 528 valence electrons. The fourth-order valence-electron chi connectivity index (χ4n) is 11.3. The lowest BCUT2D eigenvalue weighted by atomic mass is 9.91. The first-order valence-corrected chi connectivity index (χ1v) is 34.5. The van der Waals surface area contributed by atoms with Crippen LogP contribution in [0.3, 0.4) is 0 Å². The molecule has 0 spiro atoms. The molecule has 0 aromatic carbocycles. The molecule has 0 aromatic rings. The number of allylic oxidation sites excluding steroid dienone is 2. The molecule has 13 atom stereocenters. The largest absolute Gasteiger partial charge is 0.390 e. The number of carbonyl (C=O) groups is 11. The van der Waals surface area contributed by atoms with Crippen LogP contribution in [0.25, 0.3) is 0 Å². The number of amides is 11. The quantitative estimate of drug-likeness (QED) is 0.0519. The van der Waals surface area contributed by atoms with Gasteiger partial charge in [0.2, 0.25) is 65.0 Å². The third-order valence-electron chi connectivity index (χ3n) is 17.1. The number of thiol groups is 1. The van der Waals surface area contributed by atoms with Gasteiger partial charge in [0.25, 0.3) is 0 Å². The molecule has 0 saturated carbocycles. The van der Waals surface area contributed by atoms with Gasteiger partial charge in [-0.25, -0.2) is 0 Å². The Morgan fingerprint density at radius 2 is 0.957 bits per heavy atom. The highest BCUT2D eigenvalue weighted by atomic mass is 32.2. The van der Waals surface area contributed by atoms with Gasteiger partial charge in [-0.3, -0.25) is 52.7 Å². The Hall–Kier alpha value is -5.47. The van der Waals surface area contributed by atoms with Gasteiger partial charge in [-0.1, -0.05) is 95.2 Å². The summed E-state index contributed by atoms with van der Waals surface area (Å²) in [5.74, 6) is -9.23. The maximum atomic E-state index is 15.3. The van der Waals surface area contributed by atoms with E-state index in [1.807, 2.05) is 41.5 Å². The van der Waals surface area contributed by atoms with Gasteiger partial charge in [0.1, 0.15) is 66.5 Å². The maximum Gasteiger partial charge on any atom is 0.246 e. The van der Waals surface area contributed by atoms with E-state index in [2.05, 4.69) is 33.9 Å². The number of aliphatic hydroxyl groups excluding tert-OH is 1. The summed E-state index contributed by atoms with van der Waals surface area (Å²) in [7, 11) is 9.83. The third kappa shape index (κ3) is 24.4. The van der Waals surface area contributed by atoms with E-state index in [9.17, 15) is 34.2 Å². The smallest absolute Gasteiger partial charge is 0.246 e. The topological polar surface area (TPSA) is 299 Å². The molecule has 26 heteroatoms. The van der Waals surface area contributed by atoms with Crippen LogP contribution >= 0.6 is 24.4 Å². The van der Waals surface area contributed by atoms with Crippen LogP contribution in [0.2, 0.25) is 0 Å². The van der Waals surface area contributed by atoms with Gasteiger partial charge in [-0.05, 0) is 120 Å². The fraction of sp³-hybridized carbons (Fsp3) is 0.803. The molecule has 0 radical (unpaired) electrons. The first-order valence-electron chi connectivity index (χ1n) is 32.8. The van der Waals surface area contributed by atoms with Crippen molar-refractivity contribution in [1.29, 1.82) is 0 Å². The van der Waals surface area contributed by atoms with Crippen molar-refractivity contribution in [3.8, 4) is 0 Å². The zero-order chi connectivity index (χ0) is 71.3. The van der Waals surface area contributed by atoms with E-state index in [1.165, 1.54) is 113 Å². The van der Waals surface area contributed by atoms with Crippen molar-refractivity contribution in [3.63, 3.8) is 0 Å². The Balaban J connectivity index is 4.55. The molecule has 1 fully saturated rings. The summed E-state index contributed by atoms with van der Waals surface area (Å²) in [5.41, 5.74) is -1.58.